The molecule has 3 rings (SSSR count). The Bertz CT molecular complexity index is 712. The zero-order valence-corrected chi connectivity index (χ0v) is 12.2. The summed E-state index contributed by atoms with van der Waals surface area (Å²) in [5.74, 6) is 0. The lowest BCUT2D eigenvalue weighted by molar-refractivity contribution is 1.05. The first-order valence-electron chi connectivity index (χ1n) is 6.97. The van der Waals surface area contributed by atoms with Crippen molar-refractivity contribution in [3.8, 4) is 5.69 Å². The molecule has 4 heteroatoms. The highest BCUT2D eigenvalue weighted by Crippen LogP contribution is 2.16. The molecule has 0 amide bonds. The van der Waals surface area contributed by atoms with Crippen LogP contribution in [0.1, 0.15) is 16.7 Å². The van der Waals surface area contributed by atoms with E-state index in [1.165, 1.54) is 16.7 Å². The fraction of sp³-hybridized carbons (Fsp3) is 0.176. The van der Waals surface area contributed by atoms with Gasteiger partial charge in [0.15, 0.2) is 0 Å². The monoisotopic (exact) mass is 278 g/mol. The van der Waals surface area contributed by atoms with Gasteiger partial charge in [-0.15, -0.1) is 10.2 Å². The molecular formula is C17H18N4. The number of hydrogen-bond acceptors (Lipinski definition) is 3. The van der Waals surface area contributed by atoms with Crippen molar-refractivity contribution >= 4 is 5.69 Å². The fourth-order valence-corrected chi connectivity index (χ4v) is 2.49. The van der Waals surface area contributed by atoms with Gasteiger partial charge in [0.25, 0.3) is 0 Å². The Morgan fingerprint density at radius 2 is 1.67 bits per heavy atom. The van der Waals surface area contributed by atoms with Gasteiger partial charge in [-0.25, -0.2) is 0 Å². The molecule has 0 saturated carbocycles. The molecule has 0 saturated heterocycles. The molecule has 0 aliphatic rings. The van der Waals surface area contributed by atoms with Crippen LogP contribution < -0.4 is 5.32 Å². The molecule has 0 bridgehead atoms. The third kappa shape index (κ3) is 3.28. The topological polar surface area (TPSA) is 42.7 Å². The minimum atomic E-state index is 0.814. The van der Waals surface area contributed by atoms with E-state index in [1.807, 2.05) is 16.7 Å². The average Bonchev–Trinajstić information content (AvgIpc) is 2.99. The Kier molecular flexibility index (Phi) is 3.69. The summed E-state index contributed by atoms with van der Waals surface area (Å²) in [6.07, 6.45) is 3.39. The van der Waals surface area contributed by atoms with E-state index in [0.717, 1.165) is 17.9 Å². The number of benzene rings is 2. The minimum absolute atomic E-state index is 0.814. The molecular weight excluding hydrogens is 260 g/mol. The summed E-state index contributed by atoms with van der Waals surface area (Å²) >= 11 is 0. The predicted octanol–water partition coefficient (Wildman–Crippen LogP) is 3.50. The normalized spacial score (nSPS) is 10.6. The number of aryl methyl sites for hydroxylation is 2. The summed E-state index contributed by atoms with van der Waals surface area (Å²) in [6, 6.07) is 14.8. The lowest BCUT2D eigenvalue weighted by Gasteiger charge is -2.10. The maximum atomic E-state index is 3.83. The molecule has 1 aromatic heterocycles. The Morgan fingerprint density at radius 3 is 2.38 bits per heavy atom. The highest BCUT2D eigenvalue weighted by Gasteiger charge is 2.00. The smallest absolute Gasteiger partial charge is 0.123 e. The summed E-state index contributed by atoms with van der Waals surface area (Å²) < 4.78 is 1.89. The third-order valence-corrected chi connectivity index (χ3v) is 3.34. The van der Waals surface area contributed by atoms with Crippen LogP contribution in [0.15, 0.2) is 55.1 Å². The van der Waals surface area contributed by atoms with Gasteiger partial charge in [0.2, 0.25) is 0 Å². The molecule has 106 valence electrons. The molecule has 1 heterocycles. The first kappa shape index (κ1) is 13.4. The van der Waals surface area contributed by atoms with Crippen LogP contribution in [-0.2, 0) is 6.54 Å². The largest absolute Gasteiger partial charge is 0.381 e. The molecule has 0 spiro atoms. The second-order valence-electron chi connectivity index (χ2n) is 5.27. The summed E-state index contributed by atoms with van der Waals surface area (Å²) in [4.78, 5) is 0. The van der Waals surface area contributed by atoms with Gasteiger partial charge in [0, 0.05) is 12.2 Å². The van der Waals surface area contributed by atoms with Crippen molar-refractivity contribution in [2.75, 3.05) is 5.32 Å². The van der Waals surface area contributed by atoms with Crippen LogP contribution in [0.3, 0.4) is 0 Å². The van der Waals surface area contributed by atoms with Gasteiger partial charge in [-0.05, 0) is 37.6 Å². The number of aromatic nitrogens is 3. The van der Waals surface area contributed by atoms with Crippen LogP contribution in [0.5, 0.6) is 0 Å². The van der Waals surface area contributed by atoms with Crippen molar-refractivity contribution in [3.63, 3.8) is 0 Å². The Morgan fingerprint density at radius 1 is 0.952 bits per heavy atom. The fourth-order valence-electron chi connectivity index (χ4n) is 2.49. The number of hydrogen-bond donors (Lipinski definition) is 1. The van der Waals surface area contributed by atoms with E-state index in [4.69, 9.17) is 0 Å². The van der Waals surface area contributed by atoms with Gasteiger partial charge in [0.1, 0.15) is 12.7 Å². The van der Waals surface area contributed by atoms with Crippen molar-refractivity contribution in [1.82, 2.24) is 14.8 Å². The second kappa shape index (κ2) is 5.79. The van der Waals surface area contributed by atoms with E-state index >= 15 is 0 Å². The van der Waals surface area contributed by atoms with E-state index in [9.17, 15) is 0 Å². The Labute approximate surface area is 124 Å². The molecule has 3 aromatic rings. The van der Waals surface area contributed by atoms with Crippen LogP contribution in [0.2, 0.25) is 0 Å². The van der Waals surface area contributed by atoms with E-state index in [1.54, 1.807) is 12.7 Å². The van der Waals surface area contributed by atoms with E-state index in [-0.39, 0.29) is 0 Å². The molecule has 0 fully saturated rings. The number of anilines is 1. The summed E-state index contributed by atoms with van der Waals surface area (Å²) in [6.45, 7) is 5.07. The van der Waals surface area contributed by atoms with E-state index in [0.29, 0.717) is 0 Å². The highest BCUT2D eigenvalue weighted by molar-refractivity contribution is 5.51. The molecule has 0 aliphatic carbocycles. The Balaban J connectivity index is 1.75. The first-order chi connectivity index (χ1) is 10.2. The van der Waals surface area contributed by atoms with Crippen molar-refractivity contribution < 1.29 is 0 Å². The third-order valence-electron chi connectivity index (χ3n) is 3.34. The lowest BCUT2D eigenvalue weighted by Crippen LogP contribution is -2.01. The zero-order chi connectivity index (χ0) is 14.7. The Hall–Kier alpha value is -2.62. The molecule has 21 heavy (non-hydrogen) atoms. The zero-order valence-electron chi connectivity index (χ0n) is 12.2. The van der Waals surface area contributed by atoms with Gasteiger partial charge in [-0.1, -0.05) is 35.4 Å². The van der Waals surface area contributed by atoms with Gasteiger partial charge >= 0.3 is 0 Å². The van der Waals surface area contributed by atoms with Crippen molar-refractivity contribution in [1.29, 1.82) is 0 Å². The first-order valence-corrected chi connectivity index (χ1v) is 6.97. The summed E-state index contributed by atoms with van der Waals surface area (Å²) in [5, 5.41) is 11.1. The molecule has 1 N–H and O–H groups in total. The molecule has 4 nitrogen and oxygen atoms in total. The number of nitrogens with one attached hydrogen (secondary N) is 1. The summed E-state index contributed by atoms with van der Waals surface area (Å²) in [5.41, 5.74) is 6.02. The average molecular weight is 278 g/mol. The molecule has 0 unspecified atom stereocenters. The van der Waals surface area contributed by atoms with Crippen LogP contribution in [0.25, 0.3) is 5.69 Å². The van der Waals surface area contributed by atoms with Gasteiger partial charge in [-0.3, -0.25) is 4.57 Å². The van der Waals surface area contributed by atoms with Crippen LogP contribution in [0.4, 0.5) is 5.69 Å². The quantitative estimate of drug-likeness (QED) is 0.794. The van der Waals surface area contributed by atoms with Crippen molar-refractivity contribution in [3.05, 3.63) is 71.8 Å². The van der Waals surface area contributed by atoms with Gasteiger partial charge in [0.05, 0.1) is 5.69 Å². The van der Waals surface area contributed by atoms with Crippen LogP contribution in [0, 0.1) is 13.8 Å². The lowest BCUT2D eigenvalue weighted by atomic mass is 10.1. The SMILES string of the molecule is Cc1cc(C)cc(CNc2cccc(-n3cnnc3)c2)c1. The van der Waals surface area contributed by atoms with Crippen molar-refractivity contribution in [2.45, 2.75) is 20.4 Å². The summed E-state index contributed by atoms with van der Waals surface area (Å²) in [7, 11) is 0. The van der Waals surface area contributed by atoms with Gasteiger partial charge in [-0.2, -0.15) is 0 Å². The molecule has 0 atom stereocenters. The highest BCUT2D eigenvalue weighted by atomic mass is 15.2. The van der Waals surface area contributed by atoms with E-state index in [2.05, 4.69) is 59.7 Å². The van der Waals surface area contributed by atoms with E-state index < -0.39 is 0 Å². The van der Waals surface area contributed by atoms with Crippen molar-refractivity contribution in [2.24, 2.45) is 0 Å². The second-order valence-corrected chi connectivity index (χ2v) is 5.27. The molecule has 2 aromatic carbocycles. The maximum absolute atomic E-state index is 3.83. The number of rotatable bonds is 4. The maximum Gasteiger partial charge on any atom is 0.123 e. The standard InChI is InChI=1S/C17H18N4/c1-13-6-14(2)8-15(7-13)10-18-16-4-3-5-17(9-16)21-11-19-20-12-21/h3-9,11-12,18H,10H2,1-2H3. The van der Waals surface area contributed by atoms with Crippen LogP contribution in [-0.4, -0.2) is 14.8 Å². The number of nitrogens with zero attached hydrogens (tertiary/aromatic N) is 3. The van der Waals surface area contributed by atoms with Crippen LogP contribution >= 0.6 is 0 Å². The molecule has 0 aliphatic heterocycles. The van der Waals surface area contributed by atoms with Gasteiger partial charge < -0.3 is 5.32 Å². The predicted molar refractivity (Wildman–Crippen MR) is 84.6 cm³/mol. The molecule has 0 radical (unpaired) electrons. The minimum Gasteiger partial charge on any atom is -0.381 e.